The van der Waals surface area contributed by atoms with Crippen molar-refractivity contribution in [2.75, 3.05) is 13.1 Å². The quantitative estimate of drug-likeness (QED) is 0.785. The first-order valence-electron chi connectivity index (χ1n) is 10.4. The Morgan fingerprint density at radius 1 is 1.25 bits per heavy atom. The van der Waals surface area contributed by atoms with Crippen LogP contribution in [0, 0.1) is 17.3 Å². The molecule has 3 aliphatic carbocycles. The van der Waals surface area contributed by atoms with E-state index in [-0.39, 0.29) is 17.4 Å². The SMILES string of the molecule is NCC1(C2C=CC=C(Cl)C2)CCC(N(CC2CC2)C(=O)c2ccnnc2)CC1. The Morgan fingerprint density at radius 2 is 2.04 bits per heavy atom. The predicted octanol–water partition coefficient (Wildman–Crippen LogP) is 3.92. The van der Waals surface area contributed by atoms with Crippen molar-refractivity contribution in [3.63, 3.8) is 0 Å². The number of rotatable bonds is 6. The molecule has 1 aromatic rings. The summed E-state index contributed by atoms with van der Waals surface area (Å²) in [6.45, 7) is 1.53. The molecule has 0 aliphatic heterocycles. The summed E-state index contributed by atoms with van der Waals surface area (Å²) >= 11 is 6.31. The van der Waals surface area contributed by atoms with Gasteiger partial charge in [-0.1, -0.05) is 23.8 Å². The molecule has 0 spiro atoms. The van der Waals surface area contributed by atoms with E-state index in [1.54, 1.807) is 18.5 Å². The number of hydrogen-bond donors (Lipinski definition) is 1. The van der Waals surface area contributed by atoms with Crippen LogP contribution in [0.5, 0.6) is 0 Å². The molecule has 150 valence electrons. The number of allylic oxidation sites excluding steroid dienone is 4. The smallest absolute Gasteiger partial charge is 0.255 e. The molecule has 3 aliphatic rings. The van der Waals surface area contributed by atoms with Gasteiger partial charge in [0.2, 0.25) is 0 Å². The Labute approximate surface area is 172 Å². The van der Waals surface area contributed by atoms with E-state index in [4.69, 9.17) is 17.3 Å². The van der Waals surface area contributed by atoms with Gasteiger partial charge in [0.1, 0.15) is 0 Å². The van der Waals surface area contributed by atoms with E-state index in [0.29, 0.717) is 23.9 Å². The normalized spacial score (nSPS) is 30.0. The highest BCUT2D eigenvalue weighted by Gasteiger charge is 2.43. The summed E-state index contributed by atoms with van der Waals surface area (Å²) in [4.78, 5) is 15.3. The number of hydrogen-bond acceptors (Lipinski definition) is 4. The van der Waals surface area contributed by atoms with Crippen molar-refractivity contribution >= 4 is 17.5 Å². The lowest BCUT2D eigenvalue weighted by molar-refractivity contribution is 0.0439. The van der Waals surface area contributed by atoms with Crippen LogP contribution in [0.2, 0.25) is 0 Å². The summed E-state index contributed by atoms with van der Waals surface area (Å²) in [5.74, 6) is 1.15. The molecular formula is C22H29ClN4O. The maximum atomic E-state index is 13.2. The number of carbonyl (C=O) groups excluding carboxylic acids is 1. The van der Waals surface area contributed by atoms with Gasteiger partial charge >= 0.3 is 0 Å². The van der Waals surface area contributed by atoms with E-state index in [1.165, 1.54) is 12.8 Å². The van der Waals surface area contributed by atoms with Crippen LogP contribution in [-0.2, 0) is 0 Å². The Kier molecular flexibility index (Phi) is 5.83. The minimum absolute atomic E-state index is 0.0912. The van der Waals surface area contributed by atoms with Gasteiger partial charge in [-0.2, -0.15) is 10.2 Å². The minimum atomic E-state index is 0.0912. The molecule has 0 aromatic carbocycles. The van der Waals surface area contributed by atoms with Crippen LogP contribution >= 0.6 is 11.6 Å². The van der Waals surface area contributed by atoms with Gasteiger partial charge in [-0.15, -0.1) is 0 Å². The Morgan fingerprint density at radius 3 is 2.64 bits per heavy atom. The third-order valence-electron chi connectivity index (χ3n) is 6.86. The number of aromatic nitrogens is 2. The van der Waals surface area contributed by atoms with Crippen molar-refractivity contribution in [2.45, 2.75) is 51.0 Å². The zero-order valence-corrected chi connectivity index (χ0v) is 17.0. The van der Waals surface area contributed by atoms with Gasteiger partial charge in [-0.3, -0.25) is 4.79 Å². The monoisotopic (exact) mass is 400 g/mol. The molecule has 4 rings (SSSR count). The number of nitrogens with two attached hydrogens (primary N) is 1. The minimum Gasteiger partial charge on any atom is -0.335 e. The first kappa shape index (κ1) is 19.6. The zero-order valence-electron chi connectivity index (χ0n) is 16.3. The molecule has 2 saturated carbocycles. The largest absolute Gasteiger partial charge is 0.335 e. The average Bonchev–Trinajstić information content (AvgIpc) is 3.57. The van der Waals surface area contributed by atoms with Gasteiger partial charge in [0, 0.05) is 17.6 Å². The van der Waals surface area contributed by atoms with Crippen molar-refractivity contribution in [1.82, 2.24) is 15.1 Å². The van der Waals surface area contributed by atoms with Gasteiger partial charge in [0.05, 0.1) is 18.0 Å². The predicted molar refractivity (Wildman–Crippen MR) is 111 cm³/mol. The maximum absolute atomic E-state index is 13.2. The second kappa shape index (κ2) is 8.34. The highest BCUT2D eigenvalue weighted by molar-refractivity contribution is 6.29. The molecule has 1 unspecified atom stereocenters. The number of halogens is 1. The molecule has 2 N–H and O–H groups in total. The maximum Gasteiger partial charge on any atom is 0.255 e. The van der Waals surface area contributed by atoms with E-state index in [0.717, 1.165) is 43.7 Å². The molecule has 1 atom stereocenters. The fourth-order valence-corrected chi connectivity index (χ4v) is 5.07. The van der Waals surface area contributed by atoms with E-state index in [9.17, 15) is 4.79 Å². The average molecular weight is 401 g/mol. The lowest BCUT2D eigenvalue weighted by atomic mass is 9.63. The lowest BCUT2D eigenvalue weighted by Gasteiger charge is -2.47. The molecule has 1 amide bonds. The van der Waals surface area contributed by atoms with Crippen molar-refractivity contribution < 1.29 is 4.79 Å². The number of carbonyl (C=O) groups is 1. The molecule has 2 fully saturated rings. The molecule has 0 bridgehead atoms. The second-order valence-electron chi connectivity index (χ2n) is 8.64. The molecule has 6 heteroatoms. The van der Waals surface area contributed by atoms with Crippen molar-refractivity contribution in [2.24, 2.45) is 23.0 Å². The van der Waals surface area contributed by atoms with Crippen LogP contribution in [0.3, 0.4) is 0 Å². The summed E-state index contributed by atoms with van der Waals surface area (Å²) in [5.41, 5.74) is 7.01. The van der Waals surface area contributed by atoms with Crippen molar-refractivity contribution in [3.05, 3.63) is 47.3 Å². The summed E-state index contributed by atoms with van der Waals surface area (Å²) in [7, 11) is 0. The molecule has 0 radical (unpaired) electrons. The van der Waals surface area contributed by atoms with E-state index in [2.05, 4.69) is 27.2 Å². The summed E-state index contributed by atoms with van der Waals surface area (Å²) in [6.07, 6.45) is 16.9. The molecule has 28 heavy (non-hydrogen) atoms. The molecule has 5 nitrogen and oxygen atoms in total. The molecular weight excluding hydrogens is 372 g/mol. The second-order valence-corrected chi connectivity index (χ2v) is 9.12. The number of amides is 1. The highest BCUT2D eigenvalue weighted by atomic mass is 35.5. The molecule has 1 aromatic heterocycles. The summed E-state index contributed by atoms with van der Waals surface area (Å²) < 4.78 is 0. The van der Waals surface area contributed by atoms with E-state index >= 15 is 0 Å². The van der Waals surface area contributed by atoms with Crippen LogP contribution < -0.4 is 5.73 Å². The van der Waals surface area contributed by atoms with Crippen LogP contribution in [0.15, 0.2) is 41.7 Å². The Balaban J connectivity index is 1.47. The van der Waals surface area contributed by atoms with Gasteiger partial charge < -0.3 is 10.6 Å². The number of nitrogens with zero attached hydrogens (tertiary/aromatic N) is 3. The fourth-order valence-electron chi connectivity index (χ4n) is 4.84. The standard InChI is InChI=1S/C22H29ClN4O/c23-19-3-1-2-18(12-19)22(15-24)9-6-20(7-10-22)27(14-16-4-5-16)21(28)17-8-11-25-26-13-17/h1-3,8,11,13,16,18,20H,4-7,9-10,12,14-15,24H2. The van der Waals surface area contributed by atoms with E-state index in [1.807, 2.05) is 6.08 Å². The van der Waals surface area contributed by atoms with Crippen LogP contribution in [0.4, 0.5) is 0 Å². The third kappa shape index (κ3) is 4.15. The topological polar surface area (TPSA) is 72.1 Å². The summed E-state index contributed by atoms with van der Waals surface area (Å²) in [6, 6.07) is 2.04. The highest BCUT2D eigenvalue weighted by Crippen LogP contribution is 2.47. The third-order valence-corrected chi connectivity index (χ3v) is 7.14. The Bertz CT molecular complexity index is 751. The Hall–Kier alpha value is -1.72. The molecule has 1 heterocycles. The van der Waals surface area contributed by atoms with Crippen LogP contribution in [-0.4, -0.2) is 40.1 Å². The van der Waals surface area contributed by atoms with Crippen LogP contribution in [0.1, 0.15) is 55.3 Å². The first-order valence-corrected chi connectivity index (χ1v) is 10.8. The fraction of sp³-hybridized carbons (Fsp3) is 0.591. The molecule has 0 saturated heterocycles. The summed E-state index contributed by atoms with van der Waals surface area (Å²) in [5, 5.41) is 8.61. The zero-order chi connectivity index (χ0) is 19.6. The lowest BCUT2D eigenvalue weighted by Crippen LogP contribution is -2.48. The van der Waals surface area contributed by atoms with Gasteiger partial charge in [0.25, 0.3) is 5.91 Å². The van der Waals surface area contributed by atoms with Gasteiger partial charge in [0.15, 0.2) is 0 Å². The van der Waals surface area contributed by atoms with Gasteiger partial charge in [-0.05, 0) is 80.9 Å². The van der Waals surface area contributed by atoms with Crippen LogP contribution in [0.25, 0.3) is 0 Å². The van der Waals surface area contributed by atoms with E-state index < -0.39 is 0 Å². The first-order chi connectivity index (χ1) is 13.6. The van der Waals surface area contributed by atoms with Crippen molar-refractivity contribution in [1.29, 1.82) is 0 Å². The van der Waals surface area contributed by atoms with Crippen molar-refractivity contribution in [3.8, 4) is 0 Å². The van der Waals surface area contributed by atoms with Gasteiger partial charge in [-0.25, -0.2) is 0 Å².